The fraction of sp³-hybridized carbons (Fsp3) is 0.250. The first-order valence-electron chi connectivity index (χ1n) is 3.16. The predicted molar refractivity (Wildman–Crippen MR) is 44.7 cm³/mol. The third kappa shape index (κ3) is 1.78. The van der Waals surface area contributed by atoms with Gasteiger partial charge in [0.25, 0.3) is 0 Å². The summed E-state index contributed by atoms with van der Waals surface area (Å²) in [5, 5.41) is 0. The van der Waals surface area contributed by atoms with E-state index in [2.05, 4.69) is 9.24 Å². The Labute approximate surface area is 62.7 Å². The summed E-state index contributed by atoms with van der Waals surface area (Å²) in [7, 11) is 2.13. The van der Waals surface area contributed by atoms with Crippen LogP contribution in [0.2, 0.25) is 0 Å². The highest BCUT2D eigenvalue weighted by molar-refractivity contribution is 7.16. The molecule has 1 aromatic carbocycles. The molecule has 1 aromatic rings. The van der Waals surface area contributed by atoms with Crippen LogP contribution in [0.1, 0.15) is 17.0 Å². The molecule has 0 fully saturated rings. The summed E-state index contributed by atoms with van der Waals surface area (Å²) in [5.41, 5.74) is 1.83. The number of hydrogen-bond donors (Lipinski definition) is 0. The fourth-order valence-electron chi connectivity index (χ4n) is 0.842. The number of halogens is 1. The van der Waals surface area contributed by atoms with Crippen LogP contribution in [0.15, 0.2) is 24.3 Å². The van der Waals surface area contributed by atoms with Gasteiger partial charge < -0.3 is 0 Å². The standard InChI is InChI=1S/C8H10FP/c1-6-3-2-4-7(5-6)8(9)10/h2-5,8H,10H2,1H3. The quantitative estimate of drug-likeness (QED) is 0.548. The van der Waals surface area contributed by atoms with Gasteiger partial charge in [0.2, 0.25) is 0 Å². The summed E-state index contributed by atoms with van der Waals surface area (Å²) in [6.45, 7) is 1.95. The zero-order chi connectivity index (χ0) is 7.56. The van der Waals surface area contributed by atoms with E-state index in [0.29, 0.717) is 0 Å². The smallest absolute Gasteiger partial charge is 0.138 e. The molecule has 0 aliphatic heterocycles. The zero-order valence-electron chi connectivity index (χ0n) is 5.84. The van der Waals surface area contributed by atoms with Gasteiger partial charge in [0.15, 0.2) is 0 Å². The molecule has 1 rings (SSSR count). The average Bonchev–Trinajstić information content (AvgIpc) is 1.88. The molecule has 0 nitrogen and oxygen atoms in total. The Morgan fingerprint density at radius 1 is 1.50 bits per heavy atom. The maximum absolute atomic E-state index is 12.6. The lowest BCUT2D eigenvalue weighted by molar-refractivity contribution is 0.469. The van der Waals surface area contributed by atoms with Gasteiger partial charge >= 0.3 is 0 Å². The molecular weight excluding hydrogens is 146 g/mol. The SMILES string of the molecule is Cc1cccc(C(F)P)c1. The van der Waals surface area contributed by atoms with E-state index >= 15 is 0 Å². The van der Waals surface area contributed by atoms with Crippen LogP contribution in [0.25, 0.3) is 0 Å². The van der Waals surface area contributed by atoms with Gasteiger partial charge in [-0.2, -0.15) is 0 Å². The number of hydrogen-bond acceptors (Lipinski definition) is 0. The van der Waals surface area contributed by atoms with Gasteiger partial charge in [0.1, 0.15) is 5.91 Å². The second kappa shape index (κ2) is 3.12. The lowest BCUT2D eigenvalue weighted by Crippen LogP contribution is -1.81. The highest BCUT2D eigenvalue weighted by Crippen LogP contribution is 2.24. The first kappa shape index (κ1) is 7.68. The van der Waals surface area contributed by atoms with Crippen molar-refractivity contribution in [1.29, 1.82) is 0 Å². The molecule has 10 heavy (non-hydrogen) atoms. The van der Waals surface area contributed by atoms with Gasteiger partial charge in [-0.15, -0.1) is 0 Å². The van der Waals surface area contributed by atoms with E-state index in [0.717, 1.165) is 11.1 Å². The van der Waals surface area contributed by atoms with Gasteiger partial charge in [-0.25, -0.2) is 4.39 Å². The summed E-state index contributed by atoms with van der Waals surface area (Å²) in [6, 6.07) is 7.44. The highest BCUT2D eigenvalue weighted by atomic mass is 31.0. The van der Waals surface area contributed by atoms with Crippen LogP contribution in [0.5, 0.6) is 0 Å². The van der Waals surface area contributed by atoms with E-state index in [4.69, 9.17) is 0 Å². The van der Waals surface area contributed by atoms with E-state index in [-0.39, 0.29) is 0 Å². The molecule has 0 heterocycles. The lowest BCUT2D eigenvalue weighted by Gasteiger charge is -2.01. The molecule has 0 N–H and O–H groups in total. The summed E-state index contributed by atoms with van der Waals surface area (Å²) in [5.74, 6) is -0.931. The van der Waals surface area contributed by atoms with E-state index in [1.165, 1.54) is 0 Å². The minimum Gasteiger partial charge on any atom is -0.238 e. The van der Waals surface area contributed by atoms with Gasteiger partial charge in [0.05, 0.1) is 0 Å². The molecular formula is C8H10FP. The molecule has 2 heteroatoms. The Hall–Kier alpha value is -0.420. The Morgan fingerprint density at radius 3 is 2.60 bits per heavy atom. The van der Waals surface area contributed by atoms with E-state index in [1.807, 2.05) is 25.1 Å². The molecule has 0 spiro atoms. The average molecular weight is 156 g/mol. The summed E-state index contributed by atoms with van der Waals surface area (Å²) in [6.07, 6.45) is 0. The van der Waals surface area contributed by atoms with Gasteiger partial charge in [-0.1, -0.05) is 39.1 Å². The van der Waals surface area contributed by atoms with Crippen molar-refractivity contribution in [2.75, 3.05) is 0 Å². The van der Waals surface area contributed by atoms with Gasteiger partial charge in [-0.3, -0.25) is 0 Å². The lowest BCUT2D eigenvalue weighted by atomic mass is 10.2. The van der Waals surface area contributed by atoms with Crippen molar-refractivity contribution < 1.29 is 4.39 Å². The first-order chi connectivity index (χ1) is 4.70. The van der Waals surface area contributed by atoms with Crippen molar-refractivity contribution in [2.45, 2.75) is 12.8 Å². The zero-order valence-corrected chi connectivity index (χ0v) is 7.00. The predicted octanol–water partition coefficient (Wildman–Crippen LogP) is 2.84. The summed E-state index contributed by atoms with van der Waals surface area (Å²) >= 11 is 0. The molecule has 0 amide bonds. The van der Waals surface area contributed by atoms with Crippen LogP contribution in [-0.4, -0.2) is 0 Å². The molecule has 0 bridgehead atoms. The van der Waals surface area contributed by atoms with Gasteiger partial charge in [0, 0.05) is 0 Å². The molecule has 0 aliphatic rings. The number of aryl methyl sites for hydroxylation is 1. The molecule has 0 saturated heterocycles. The minimum absolute atomic E-state index is 0.727. The molecule has 2 unspecified atom stereocenters. The fourth-order valence-corrected chi connectivity index (χ4v) is 1.05. The third-order valence-electron chi connectivity index (χ3n) is 1.36. The topological polar surface area (TPSA) is 0 Å². The second-order valence-electron chi connectivity index (χ2n) is 2.32. The maximum Gasteiger partial charge on any atom is 0.138 e. The van der Waals surface area contributed by atoms with Crippen molar-refractivity contribution in [3.8, 4) is 0 Å². The van der Waals surface area contributed by atoms with E-state index in [9.17, 15) is 4.39 Å². The maximum atomic E-state index is 12.6. The third-order valence-corrected chi connectivity index (χ3v) is 1.75. The van der Waals surface area contributed by atoms with Crippen LogP contribution in [0.4, 0.5) is 4.39 Å². The Kier molecular flexibility index (Phi) is 2.39. The number of benzene rings is 1. The van der Waals surface area contributed by atoms with Crippen molar-refractivity contribution in [1.82, 2.24) is 0 Å². The summed E-state index contributed by atoms with van der Waals surface area (Å²) < 4.78 is 12.6. The normalized spacial score (nSPS) is 13.1. The van der Waals surface area contributed by atoms with Crippen molar-refractivity contribution in [3.63, 3.8) is 0 Å². The van der Waals surface area contributed by atoms with Crippen LogP contribution < -0.4 is 0 Å². The van der Waals surface area contributed by atoms with Crippen molar-refractivity contribution >= 4 is 9.24 Å². The van der Waals surface area contributed by atoms with Crippen LogP contribution in [0.3, 0.4) is 0 Å². The highest BCUT2D eigenvalue weighted by Gasteiger charge is 2.00. The Bertz CT molecular complexity index is 220. The monoisotopic (exact) mass is 156 g/mol. The Morgan fingerprint density at radius 2 is 2.20 bits per heavy atom. The molecule has 0 radical (unpaired) electrons. The van der Waals surface area contributed by atoms with E-state index in [1.54, 1.807) is 6.07 Å². The Balaban J connectivity index is 2.96. The first-order valence-corrected chi connectivity index (χ1v) is 3.83. The number of rotatable bonds is 1. The molecule has 0 aliphatic carbocycles. The van der Waals surface area contributed by atoms with Gasteiger partial charge in [-0.05, 0) is 12.5 Å². The van der Waals surface area contributed by atoms with Crippen LogP contribution >= 0.6 is 9.24 Å². The van der Waals surface area contributed by atoms with Crippen LogP contribution in [-0.2, 0) is 0 Å². The molecule has 2 atom stereocenters. The van der Waals surface area contributed by atoms with Crippen molar-refractivity contribution in [3.05, 3.63) is 35.4 Å². The number of alkyl halides is 1. The largest absolute Gasteiger partial charge is 0.238 e. The van der Waals surface area contributed by atoms with Crippen LogP contribution in [0, 0.1) is 6.92 Å². The molecule has 54 valence electrons. The summed E-state index contributed by atoms with van der Waals surface area (Å²) in [4.78, 5) is 0. The second-order valence-corrected chi connectivity index (χ2v) is 2.90. The van der Waals surface area contributed by atoms with Crippen molar-refractivity contribution in [2.24, 2.45) is 0 Å². The molecule has 0 aromatic heterocycles. The molecule has 0 saturated carbocycles. The van der Waals surface area contributed by atoms with E-state index < -0.39 is 5.91 Å². The minimum atomic E-state index is -0.931.